The lowest BCUT2D eigenvalue weighted by Gasteiger charge is -2.26. The number of nitro benzene ring substituents is 1. The summed E-state index contributed by atoms with van der Waals surface area (Å²) in [7, 11) is 2.08. The summed E-state index contributed by atoms with van der Waals surface area (Å²) in [5.41, 5.74) is 0.137. The molecule has 0 radical (unpaired) electrons. The van der Waals surface area contributed by atoms with Gasteiger partial charge in [-0.25, -0.2) is 0 Å². The van der Waals surface area contributed by atoms with Gasteiger partial charge in [0.05, 0.1) is 4.92 Å². The van der Waals surface area contributed by atoms with Gasteiger partial charge in [0.1, 0.15) is 0 Å². The average Bonchev–Trinajstić information content (AvgIpc) is 2.17. The molecular weight excluding hydrogens is 182 g/mol. The topological polar surface area (TPSA) is 58.4 Å². The fourth-order valence-electron chi connectivity index (χ4n) is 0.885. The van der Waals surface area contributed by atoms with Crippen molar-refractivity contribution in [2.75, 3.05) is 20.4 Å². The van der Waals surface area contributed by atoms with Crippen LogP contribution in [0.4, 0.5) is 5.69 Å². The number of nitrogens with one attached hydrogen (secondary N) is 1. The average molecular weight is 195 g/mol. The molecule has 1 fully saturated rings. The van der Waals surface area contributed by atoms with E-state index in [1.165, 1.54) is 12.1 Å². The number of hydrogen-bond donors (Lipinski definition) is 1. The van der Waals surface area contributed by atoms with Crippen LogP contribution >= 0.6 is 0 Å². The SMILES string of the molecule is CN1CNC1.O=[N+]([O-])c1ccccc1. The van der Waals surface area contributed by atoms with E-state index < -0.39 is 4.92 Å². The van der Waals surface area contributed by atoms with Crippen molar-refractivity contribution < 1.29 is 4.92 Å². The Morgan fingerprint density at radius 1 is 1.36 bits per heavy atom. The molecule has 1 aromatic carbocycles. The lowest BCUT2D eigenvalue weighted by molar-refractivity contribution is -0.384. The summed E-state index contributed by atoms with van der Waals surface area (Å²) in [5.74, 6) is 0. The minimum Gasteiger partial charge on any atom is -0.291 e. The zero-order valence-corrected chi connectivity index (χ0v) is 8.01. The molecule has 1 N–H and O–H groups in total. The summed E-state index contributed by atoms with van der Waals surface area (Å²) in [6.07, 6.45) is 0. The molecule has 0 amide bonds. The molecule has 76 valence electrons. The van der Waals surface area contributed by atoms with E-state index in [1.807, 2.05) is 0 Å². The third kappa shape index (κ3) is 3.51. The Bertz CT molecular complexity index is 285. The van der Waals surface area contributed by atoms with Gasteiger partial charge in [0.25, 0.3) is 5.69 Å². The standard InChI is InChI=1S/C6H5NO2.C3H8N2/c8-7(9)6-4-2-1-3-5-6;1-5-2-4-3-5/h1-5H;4H,2-3H2,1H3. The second kappa shape index (κ2) is 5.31. The lowest BCUT2D eigenvalue weighted by Crippen LogP contribution is -2.48. The first-order chi connectivity index (χ1) is 6.70. The highest BCUT2D eigenvalue weighted by atomic mass is 16.6. The maximum Gasteiger partial charge on any atom is 0.269 e. The van der Waals surface area contributed by atoms with Crippen LogP contribution in [-0.4, -0.2) is 30.2 Å². The Morgan fingerprint density at radius 3 is 2.07 bits per heavy atom. The van der Waals surface area contributed by atoms with Crippen LogP contribution in [0.1, 0.15) is 0 Å². The monoisotopic (exact) mass is 195 g/mol. The van der Waals surface area contributed by atoms with Crippen LogP contribution in [-0.2, 0) is 0 Å². The van der Waals surface area contributed by atoms with Gasteiger partial charge < -0.3 is 0 Å². The molecule has 0 saturated carbocycles. The number of nitrogens with zero attached hydrogens (tertiary/aromatic N) is 2. The van der Waals surface area contributed by atoms with Crippen LogP contribution in [0.2, 0.25) is 0 Å². The predicted octanol–water partition coefficient (Wildman–Crippen LogP) is 1.03. The van der Waals surface area contributed by atoms with Gasteiger partial charge in [0, 0.05) is 25.5 Å². The van der Waals surface area contributed by atoms with Crippen molar-refractivity contribution in [2.45, 2.75) is 0 Å². The zero-order chi connectivity index (χ0) is 10.4. The first-order valence-electron chi connectivity index (χ1n) is 4.29. The number of para-hydroxylation sites is 1. The van der Waals surface area contributed by atoms with E-state index in [0.29, 0.717) is 0 Å². The number of non-ortho nitro benzene ring substituents is 1. The van der Waals surface area contributed by atoms with E-state index in [1.54, 1.807) is 18.2 Å². The van der Waals surface area contributed by atoms with Gasteiger partial charge in [-0.2, -0.15) is 0 Å². The maximum absolute atomic E-state index is 10.0. The molecule has 0 aliphatic carbocycles. The molecule has 0 unspecified atom stereocenters. The fourth-order valence-corrected chi connectivity index (χ4v) is 0.885. The Morgan fingerprint density at radius 2 is 1.86 bits per heavy atom. The van der Waals surface area contributed by atoms with Crippen molar-refractivity contribution in [1.29, 1.82) is 0 Å². The number of benzene rings is 1. The normalized spacial score (nSPS) is 14.9. The largest absolute Gasteiger partial charge is 0.291 e. The third-order valence-corrected chi connectivity index (χ3v) is 1.73. The summed E-state index contributed by atoms with van der Waals surface area (Å²) in [5, 5.41) is 13.1. The summed E-state index contributed by atoms with van der Waals surface area (Å²) < 4.78 is 0. The molecule has 5 heteroatoms. The van der Waals surface area contributed by atoms with Gasteiger partial charge in [-0.05, 0) is 7.05 Å². The van der Waals surface area contributed by atoms with E-state index in [4.69, 9.17) is 0 Å². The summed E-state index contributed by atoms with van der Waals surface area (Å²) in [4.78, 5) is 11.8. The molecule has 2 rings (SSSR count). The van der Waals surface area contributed by atoms with Crippen LogP contribution < -0.4 is 5.32 Å². The molecule has 14 heavy (non-hydrogen) atoms. The second-order valence-corrected chi connectivity index (χ2v) is 3.01. The molecular formula is C9H13N3O2. The molecule has 1 aliphatic rings. The summed E-state index contributed by atoms with van der Waals surface area (Å²) in [6, 6.07) is 7.93. The van der Waals surface area contributed by atoms with Crippen LogP contribution in [0.3, 0.4) is 0 Å². The van der Waals surface area contributed by atoms with Crippen molar-refractivity contribution in [3.63, 3.8) is 0 Å². The highest BCUT2D eigenvalue weighted by Crippen LogP contribution is 2.06. The van der Waals surface area contributed by atoms with Gasteiger partial charge >= 0.3 is 0 Å². The smallest absolute Gasteiger partial charge is 0.269 e. The molecule has 1 heterocycles. The quantitative estimate of drug-likeness (QED) is 0.537. The fraction of sp³-hybridized carbons (Fsp3) is 0.333. The Hall–Kier alpha value is -1.46. The van der Waals surface area contributed by atoms with Crippen molar-refractivity contribution >= 4 is 5.69 Å². The minimum atomic E-state index is -0.417. The maximum atomic E-state index is 10.0. The van der Waals surface area contributed by atoms with Crippen LogP contribution in [0.25, 0.3) is 0 Å². The van der Waals surface area contributed by atoms with Crippen molar-refractivity contribution in [3.8, 4) is 0 Å². The van der Waals surface area contributed by atoms with Gasteiger partial charge in [-0.3, -0.25) is 20.3 Å². The Kier molecular flexibility index (Phi) is 4.03. The van der Waals surface area contributed by atoms with Gasteiger partial charge in [0.15, 0.2) is 0 Å². The van der Waals surface area contributed by atoms with Gasteiger partial charge in [0.2, 0.25) is 0 Å². The Balaban J connectivity index is 0.000000165. The number of nitro groups is 1. The molecule has 0 aromatic heterocycles. The van der Waals surface area contributed by atoms with Crippen LogP contribution in [0.15, 0.2) is 30.3 Å². The zero-order valence-electron chi connectivity index (χ0n) is 8.01. The predicted molar refractivity (Wildman–Crippen MR) is 53.7 cm³/mol. The lowest BCUT2D eigenvalue weighted by atomic mass is 10.3. The molecule has 5 nitrogen and oxygen atoms in total. The Labute approximate surface area is 82.5 Å². The van der Waals surface area contributed by atoms with Crippen LogP contribution in [0.5, 0.6) is 0 Å². The van der Waals surface area contributed by atoms with E-state index in [2.05, 4.69) is 17.3 Å². The minimum absolute atomic E-state index is 0.137. The summed E-state index contributed by atoms with van der Waals surface area (Å²) >= 11 is 0. The molecule has 0 atom stereocenters. The van der Waals surface area contributed by atoms with E-state index in [0.717, 1.165) is 13.3 Å². The highest BCUT2D eigenvalue weighted by Gasteiger charge is 2.02. The van der Waals surface area contributed by atoms with Crippen molar-refractivity contribution in [1.82, 2.24) is 10.2 Å². The van der Waals surface area contributed by atoms with E-state index in [-0.39, 0.29) is 5.69 Å². The first kappa shape index (κ1) is 10.6. The molecule has 1 aliphatic heterocycles. The molecule has 0 spiro atoms. The highest BCUT2D eigenvalue weighted by molar-refractivity contribution is 5.27. The summed E-state index contributed by atoms with van der Waals surface area (Å²) in [6.45, 7) is 2.14. The van der Waals surface area contributed by atoms with Crippen molar-refractivity contribution in [3.05, 3.63) is 40.4 Å². The van der Waals surface area contributed by atoms with Crippen molar-refractivity contribution in [2.24, 2.45) is 0 Å². The van der Waals surface area contributed by atoms with E-state index >= 15 is 0 Å². The molecule has 1 aromatic rings. The number of rotatable bonds is 1. The third-order valence-electron chi connectivity index (χ3n) is 1.73. The van der Waals surface area contributed by atoms with Crippen LogP contribution in [0, 0.1) is 10.1 Å². The van der Waals surface area contributed by atoms with Gasteiger partial charge in [-0.15, -0.1) is 0 Å². The molecule has 0 bridgehead atoms. The van der Waals surface area contributed by atoms with E-state index in [9.17, 15) is 10.1 Å². The first-order valence-corrected chi connectivity index (χ1v) is 4.29. The second-order valence-electron chi connectivity index (χ2n) is 3.01. The molecule has 1 saturated heterocycles. The number of hydrogen-bond acceptors (Lipinski definition) is 4. The van der Waals surface area contributed by atoms with Gasteiger partial charge in [-0.1, -0.05) is 18.2 Å².